The van der Waals surface area contributed by atoms with Crippen LogP contribution >= 0.6 is 43.2 Å². The van der Waals surface area contributed by atoms with Crippen LogP contribution in [0.1, 0.15) is 23.5 Å². The number of hydrogen-bond donors (Lipinski definition) is 0. The zero-order chi connectivity index (χ0) is 10.7. The van der Waals surface area contributed by atoms with Gasteiger partial charge in [-0.05, 0) is 17.3 Å². The number of carbonyl (C=O) groups excluding carboxylic acids is 1. The van der Waals surface area contributed by atoms with E-state index in [2.05, 4.69) is 31.9 Å². The first-order valence-corrected chi connectivity index (χ1v) is 7.44. The number of halogens is 2. The lowest BCUT2D eigenvalue weighted by Gasteiger charge is -1.85. The highest BCUT2D eigenvalue weighted by Gasteiger charge is 2.01. The lowest BCUT2D eigenvalue weighted by Crippen LogP contribution is -1.94. The second-order valence-electron chi connectivity index (χ2n) is 1.53. The molecule has 0 aromatic carbocycles. The fourth-order valence-electron chi connectivity index (χ4n) is 0.503. The molecular weight excluding hydrogens is 316 g/mol. The van der Waals surface area contributed by atoms with Gasteiger partial charge in [0, 0.05) is 0 Å². The minimum Gasteiger partial charge on any atom is -0.292 e. The van der Waals surface area contributed by atoms with Crippen LogP contribution in [0.4, 0.5) is 0 Å². The largest absolute Gasteiger partial charge is 0.292 e. The molecule has 0 radical (unpaired) electrons. The van der Waals surface area contributed by atoms with Crippen molar-refractivity contribution in [2.24, 2.45) is 0 Å². The van der Waals surface area contributed by atoms with E-state index >= 15 is 0 Å². The van der Waals surface area contributed by atoms with Crippen molar-refractivity contribution in [2.75, 3.05) is 11.2 Å². The van der Waals surface area contributed by atoms with Crippen LogP contribution in [-0.2, 0) is 0 Å². The van der Waals surface area contributed by atoms with Crippen molar-refractivity contribution in [2.45, 2.75) is 13.8 Å². The Hall–Kier alpha value is 0.330. The van der Waals surface area contributed by atoms with Gasteiger partial charge in [-0.3, -0.25) is 4.79 Å². The molecule has 0 saturated carbocycles. The van der Waals surface area contributed by atoms with Gasteiger partial charge >= 0.3 is 0 Å². The molecule has 0 atom stereocenters. The Morgan fingerprint density at radius 2 is 2.00 bits per heavy atom. The summed E-state index contributed by atoms with van der Waals surface area (Å²) in [5.74, 6) is 1.97. The minimum atomic E-state index is 0.157. The predicted octanol–water partition coefficient (Wildman–Crippen LogP) is 4.36. The lowest BCUT2D eigenvalue weighted by molar-refractivity contribution is 0.102. The van der Waals surface area contributed by atoms with Crippen molar-refractivity contribution in [3.63, 3.8) is 0 Å². The topological polar surface area (TPSA) is 17.1 Å². The Bertz CT molecular complexity index is 197. The van der Waals surface area contributed by atoms with Gasteiger partial charge in [0.25, 0.3) is 0 Å². The van der Waals surface area contributed by atoms with Crippen molar-refractivity contribution < 1.29 is 4.79 Å². The number of rotatable bonds is 2. The molecule has 1 heterocycles. The molecule has 1 aromatic heterocycles. The number of alkyl halides is 2. The fourth-order valence-corrected chi connectivity index (χ4v) is 1.66. The van der Waals surface area contributed by atoms with Crippen LogP contribution in [0.5, 0.6) is 0 Å². The van der Waals surface area contributed by atoms with Crippen molar-refractivity contribution in [3.8, 4) is 0 Å². The van der Waals surface area contributed by atoms with E-state index in [1.54, 1.807) is 0 Å². The number of Topliss-reactive ketones (excluding diaryl/α,β-unsaturated/α-hetero) is 1. The van der Waals surface area contributed by atoms with E-state index in [1.807, 2.05) is 37.2 Å². The molecule has 0 amide bonds. The highest BCUT2D eigenvalue weighted by Crippen LogP contribution is 2.09. The molecule has 0 N–H and O–H groups in total. The molecular formula is C9H14Br2OS. The van der Waals surface area contributed by atoms with Crippen molar-refractivity contribution in [1.29, 1.82) is 0 Å². The van der Waals surface area contributed by atoms with E-state index in [-0.39, 0.29) is 5.78 Å². The highest BCUT2D eigenvalue weighted by molar-refractivity contribution is 9.09. The van der Waals surface area contributed by atoms with Crippen molar-refractivity contribution in [1.82, 2.24) is 0 Å². The monoisotopic (exact) mass is 328 g/mol. The summed E-state index contributed by atoms with van der Waals surface area (Å²) in [5.41, 5.74) is 0. The van der Waals surface area contributed by atoms with Crippen LogP contribution < -0.4 is 0 Å². The Kier molecular flexibility index (Phi) is 15.0. The van der Waals surface area contributed by atoms with Crippen molar-refractivity contribution >= 4 is 49.0 Å². The van der Waals surface area contributed by atoms with Crippen molar-refractivity contribution in [3.05, 3.63) is 22.4 Å². The quantitative estimate of drug-likeness (QED) is 0.582. The molecule has 1 aromatic rings. The highest BCUT2D eigenvalue weighted by atomic mass is 79.9. The van der Waals surface area contributed by atoms with Gasteiger partial charge in [0.2, 0.25) is 0 Å². The summed E-state index contributed by atoms with van der Waals surface area (Å²) in [6.07, 6.45) is 0. The molecule has 0 fully saturated rings. The number of hydrogen-bond acceptors (Lipinski definition) is 2. The second kappa shape index (κ2) is 12.3. The van der Waals surface area contributed by atoms with Gasteiger partial charge in [0.1, 0.15) is 0 Å². The molecule has 0 aliphatic carbocycles. The minimum absolute atomic E-state index is 0.157. The summed E-state index contributed by atoms with van der Waals surface area (Å²) in [6.45, 7) is 4.00. The maximum absolute atomic E-state index is 10.8. The third-order valence-corrected chi connectivity index (χ3v) is 2.34. The first-order valence-electron chi connectivity index (χ1n) is 3.85. The molecule has 0 bridgehead atoms. The van der Waals surface area contributed by atoms with Gasteiger partial charge in [-0.1, -0.05) is 51.8 Å². The van der Waals surface area contributed by atoms with Crippen LogP contribution in [0.15, 0.2) is 17.5 Å². The predicted molar refractivity (Wildman–Crippen MR) is 68.6 cm³/mol. The molecule has 13 heavy (non-hydrogen) atoms. The summed E-state index contributed by atoms with van der Waals surface area (Å²) in [4.78, 5) is 11.7. The summed E-state index contributed by atoms with van der Waals surface area (Å²) in [7, 11) is 0. The number of carbonyl (C=O) groups is 1. The van der Waals surface area contributed by atoms with Gasteiger partial charge in [-0.2, -0.15) is 0 Å². The van der Waals surface area contributed by atoms with E-state index in [1.165, 1.54) is 11.3 Å². The lowest BCUT2D eigenvalue weighted by atomic mass is 10.4. The molecule has 0 spiro atoms. The molecule has 4 heteroatoms. The van der Waals surface area contributed by atoms with Gasteiger partial charge in [0.05, 0.1) is 10.2 Å². The van der Waals surface area contributed by atoms with E-state index in [4.69, 9.17) is 0 Å². The molecule has 1 nitrogen and oxygen atoms in total. The summed E-state index contributed by atoms with van der Waals surface area (Å²) >= 11 is 7.51. The third kappa shape index (κ3) is 7.40. The molecule has 76 valence electrons. The van der Waals surface area contributed by atoms with Gasteiger partial charge in [0.15, 0.2) is 5.78 Å². The smallest absolute Gasteiger partial charge is 0.183 e. The van der Waals surface area contributed by atoms with Crippen LogP contribution in [0, 0.1) is 0 Å². The Labute approximate surface area is 101 Å². The first kappa shape index (κ1) is 15.8. The van der Waals surface area contributed by atoms with E-state index in [0.717, 1.165) is 4.88 Å². The molecule has 0 saturated heterocycles. The van der Waals surface area contributed by atoms with Crippen LogP contribution in [0.2, 0.25) is 0 Å². The molecule has 0 aliphatic heterocycles. The maximum Gasteiger partial charge on any atom is 0.183 e. The van der Waals surface area contributed by atoms with Gasteiger partial charge in [-0.15, -0.1) is 11.3 Å². The second-order valence-corrected chi connectivity index (χ2v) is 3.04. The zero-order valence-electron chi connectivity index (χ0n) is 8.01. The van der Waals surface area contributed by atoms with Crippen LogP contribution in [0.3, 0.4) is 0 Å². The van der Waals surface area contributed by atoms with Gasteiger partial charge in [-0.25, -0.2) is 0 Å². The van der Waals surface area contributed by atoms with E-state index in [0.29, 0.717) is 5.33 Å². The normalized spacial score (nSPS) is 7.46. The third-order valence-electron chi connectivity index (χ3n) is 0.917. The first-order chi connectivity index (χ1) is 6.34. The summed E-state index contributed by atoms with van der Waals surface area (Å²) < 4.78 is 0. The van der Waals surface area contributed by atoms with Crippen LogP contribution in [-0.4, -0.2) is 16.9 Å². The van der Waals surface area contributed by atoms with E-state index < -0.39 is 0 Å². The average molecular weight is 330 g/mol. The molecule has 1 rings (SSSR count). The Morgan fingerprint density at radius 1 is 1.46 bits per heavy atom. The van der Waals surface area contributed by atoms with E-state index in [9.17, 15) is 4.79 Å². The molecule has 0 aliphatic rings. The fraction of sp³-hybridized carbons (Fsp3) is 0.444. The molecule has 0 unspecified atom stereocenters. The zero-order valence-corrected chi connectivity index (χ0v) is 12.0. The maximum atomic E-state index is 10.8. The standard InChI is InChI=1S/C6H5BrOS.C2H6.CH3Br/c7-4-5(8)6-2-1-3-9-6;2*1-2/h1-3H,4H2;1-2H3;1H3. The van der Waals surface area contributed by atoms with Crippen LogP contribution in [0.25, 0.3) is 0 Å². The summed E-state index contributed by atoms with van der Waals surface area (Å²) in [5, 5.41) is 2.32. The Morgan fingerprint density at radius 3 is 2.31 bits per heavy atom. The van der Waals surface area contributed by atoms with Gasteiger partial charge < -0.3 is 0 Å². The number of ketones is 1. The average Bonchev–Trinajstić information content (AvgIpc) is 2.76. The SMILES string of the molecule is CBr.CC.O=C(CBr)c1cccs1. The Balaban J connectivity index is 0. The summed E-state index contributed by atoms with van der Waals surface area (Å²) in [6, 6.07) is 3.70. The number of thiophene rings is 1.